The van der Waals surface area contributed by atoms with Crippen molar-refractivity contribution < 1.29 is 9.53 Å². The number of amides is 2. The number of ether oxygens (including phenoxy) is 1. The summed E-state index contributed by atoms with van der Waals surface area (Å²) in [5.41, 5.74) is 2.21. The van der Waals surface area contributed by atoms with Gasteiger partial charge in [-0.1, -0.05) is 37.5 Å². The Bertz CT molecular complexity index is 798. The van der Waals surface area contributed by atoms with Crippen LogP contribution >= 0.6 is 0 Å². The van der Waals surface area contributed by atoms with Crippen LogP contribution in [0.3, 0.4) is 0 Å². The molecule has 6 nitrogen and oxygen atoms in total. The number of likely N-dealkylation sites (tertiary alicyclic amines) is 1. The summed E-state index contributed by atoms with van der Waals surface area (Å²) in [4.78, 5) is 19.0. The van der Waals surface area contributed by atoms with Gasteiger partial charge in [0.2, 0.25) is 0 Å². The standard InChI is InChI=1S/C25H34N4O2/c30-25(27-21-6-2-1-3-7-21)28-22-13-16-29(17-14-22)18-20-9-11-24(12-10-20)31-19-23-8-4-5-15-26-23/h4-5,8-12,15,21-22H,1-3,6-7,13-14,16-19H2,(H2,27,28,30). The van der Waals surface area contributed by atoms with Crippen molar-refractivity contribution in [2.24, 2.45) is 0 Å². The van der Waals surface area contributed by atoms with Crippen LogP contribution in [0.25, 0.3) is 0 Å². The van der Waals surface area contributed by atoms with Crippen molar-refractivity contribution in [3.8, 4) is 5.75 Å². The fraction of sp³-hybridized carbons (Fsp3) is 0.520. The molecular formula is C25H34N4O2. The summed E-state index contributed by atoms with van der Waals surface area (Å²) in [6.07, 6.45) is 9.81. The van der Waals surface area contributed by atoms with Crippen LogP contribution in [0.2, 0.25) is 0 Å². The van der Waals surface area contributed by atoms with Crippen molar-refractivity contribution in [2.45, 2.75) is 70.2 Å². The van der Waals surface area contributed by atoms with E-state index in [0.717, 1.165) is 56.8 Å². The van der Waals surface area contributed by atoms with Crippen molar-refractivity contribution in [3.63, 3.8) is 0 Å². The van der Waals surface area contributed by atoms with E-state index in [1.54, 1.807) is 6.20 Å². The van der Waals surface area contributed by atoms with E-state index in [2.05, 4.69) is 32.7 Å². The zero-order chi connectivity index (χ0) is 21.3. The summed E-state index contributed by atoms with van der Waals surface area (Å²) < 4.78 is 5.82. The minimum atomic E-state index is 0.0200. The van der Waals surface area contributed by atoms with E-state index in [0.29, 0.717) is 12.6 Å². The van der Waals surface area contributed by atoms with Crippen molar-refractivity contribution in [1.82, 2.24) is 20.5 Å². The molecule has 1 aromatic heterocycles. The quantitative estimate of drug-likeness (QED) is 0.700. The number of aromatic nitrogens is 1. The van der Waals surface area contributed by atoms with E-state index in [9.17, 15) is 4.79 Å². The van der Waals surface area contributed by atoms with Crippen LogP contribution in [-0.4, -0.2) is 41.1 Å². The molecule has 1 saturated carbocycles. The highest BCUT2D eigenvalue weighted by atomic mass is 16.5. The molecule has 6 heteroatoms. The van der Waals surface area contributed by atoms with Gasteiger partial charge in [-0.3, -0.25) is 9.88 Å². The van der Waals surface area contributed by atoms with Crippen molar-refractivity contribution >= 4 is 6.03 Å². The highest BCUT2D eigenvalue weighted by molar-refractivity contribution is 5.74. The molecule has 1 aliphatic carbocycles. The molecule has 2 aliphatic rings. The van der Waals surface area contributed by atoms with Gasteiger partial charge in [-0.15, -0.1) is 0 Å². The normalized spacial score (nSPS) is 18.5. The topological polar surface area (TPSA) is 66.5 Å². The number of nitrogens with zero attached hydrogens (tertiary/aromatic N) is 2. The van der Waals surface area contributed by atoms with E-state index in [-0.39, 0.29) is 12.1 Å². The van der Waals surface area contributed by atoms with Crippen molar-refractivity contribution in [3.05, 3.63) is 59.9 Å². The molecule has 31 heavy (non-hydrogen) atoms. The molecule has 2 amide bonds. The van der Waals surface area contributed by atoms with E-state index in [1.165, 1.54) is 24.8 Å². The minimum Gasteiger partial charge on any atom is -0.487 e. The molecule has 1 aromatic carbocycles. The smallest absolute Gasteiger partial charge is 0.315 e. The lowest BCUT2D eigenvalue weighted by Crippen LogP contribution is -2.50. The number of rotatable bonds is 7. The van der Waals surface area contributed by atoms with Gasteiger partial charge in [-0.05, 0) is 55.5 Å². The second kappa shape index (κ2) is 11.1. The molecule has 0 atom stereocenters. The zero-order valence-electron chi connectivity index (χ0n) is 18.3. The Morgan fingerprint density at radius 1 is 0.935 bits per heavy atom. The summed E-state index contributed by atoms with van der Waals surface area (Å²) in [5.74, 6) is 0.862. The van der Waals surface area contributed by atoms with Crippen LogP contribution in [-0.2, 0) is 13.2 Å². The van der Waals surface area contributed by atoms with Crippen molar-refractivity contribution in [1.29, 1.82) is 0 Å². The van der Waals surface area contributed by atoms with E-state index < -0.39 is 0 Å². The van der Waals surface area contributed by atoms with Crippen LogP contribution in [0.5, 0.6) is 5.75 Å². The molecule has 166 valence electrons. The summed E-state index contributed by atoms with van der Waals surface area (Å²) in [7, 11) is 0. The predicted octanol–water partition coefficient (Wildman–Crippen LogP) is 4.26. The van der Waals surface area contributed by atoms with Gasteiger partial charge in [0.15, 0.2) is 0 Å². The molecule has 0 unspecified atom stereocenters. The number of urea groups is 1. The number of carbonyl (C=O) groups excluding carboxylic acids is 1. The number of pyridine rings is 1. The molecule has 0 radical (unpaired) electrons. The van der Waals surface area contributed by atoms with Gasteiger partial charge < -0.3 is 15.4 Å². The molecule has 2 heterocycles. The molecule has 0 spiro atoms. The largest absolute Gasteiger partial charge is 0.487 e. The number of carbonyl (C=O) groups is 1. The number of piperidine rings is 1. The molecular weight excluding hydrogens is 388 g/mol. The minimum absolute atomic E-state index is 0.0200. The fourth-order valence-corrected chi connectivity index (χ4v) is 4.48. The lowest BCUT2D eigenvalue weighted by Gasteiger charge is -2.33. The summed E-state index contributed by atoms with van der Waals surface area (Å²) in [5, 5.41) is 6.35. The number of nitrogens with one attached hydrogen (secondary N) is 2. The maximum atomic E-state index is 12.3. The van der Waals surface area contributed by atoms with E-state index in [1.807, 2.05) is 30.3 Å². The predicted molar refractivity (Wildman–Crippen MR) is 122 cm³/mol. The van der Waals surface area contributed by atoms with Gasteiger partial charge in [-0.25, -0.2) is 4.79 Å². The number of benzene rings is 1. The Labute approximate surface area is 185 Å². The van der Waals surface area contributed by atoms with Gasteiger partial charge >= 0.3 is 6.03 Å². The third kappa shape index (κ3) is 6.96. The van der Waals surface area contributed by atoms with E-state index in [4.69, 9.17) is 4.74 Å². The van der Waals surface area contributed by atoms with Gasteiger partial charge in [0.05, 0.1) is 5.69 Å². The average Bonchev–Trinajstić information content (AvgIpc) is 2.81. The maximum absolute atomic E-state index is 12.3. The van der Waals surface area contributed by atoms with Gasteiger partial charge in [0.1, 0.15) is 12.4 Å². The van der Waals surface area contributed by atoms with E-state index >= 15 is 0 Å². The number of hydrogen-bond donors (Lipinski definition) is 2. The molecule has 1 aliphatic heterocycles. The highest BCUT2D eigenvalue weighted by Crippen LogP contribution is 2.19. The molecule has 0 bridgehead atoms. The van der Waals surface area contributed by atoms with Crippen LogP contribution in [0.4, 0.5) is 4.79 Å². The molecule has 2 aromatic rings. The molecule has 4 rings (SSSR count). The summed E-state index contributed by atoms with van der Waals surface area (Å²) in [6, 6.07) is 14.8. The number of hydrogen-bond acceptors (Lipinski definition) is 4. The molecule has 2 N–H and O–H groups in total. The van der Waals surface area contributed by atoms with Crippen LogP contribution in [0, 0.1) is 0 Å². The second-order valence-corrected chi connectivity index (χ2v) is 8.76. The Morgan fingerprint density at radius 2 is 1.65 bits per heavy atom. The summed E-state index contributed by atoms with van der Waals surface area (Å²) in [6.45, 7) is 3.43. The maximum Gasteiger partial charge on any atom is 0.315 e. The van der Waals surface area contributed by atoms with Crippen LogP contribution in [0.1, 0.15) is 56.2 Å². The third-order valence-corrected chi connectivity index (χ3v) is 6.31. The van der Waals surface area contributed by atoms with Crippen LogP contribution in [0.15, 0.2) is 48.7 Å². The Morgan fingerprint density at radius 3 is 2.32 bits per heavy atom. The lowest BCUT2D eigenvalue weighted by molar-refractivity contribution is 0.184. The monoisotopic (exact) mass is 422 g/mol. The fourth-order valence-electron chi connectivity index (χ4n) is 4.48. The third-order valence-electron chi connectivity index (χ3n) is 6.31. The molecule has 2 fully saturated rings. The van der Waals surface area contributed by atoms with Gasteiger partial charge in [0.25, 0.3) is 0 Å². The first-order chi connectivity index (χ1) is 15.2. The van der Waals surface area contributed by atoms with Gasteiger partial charge in [-0.2, -0.15) is 0 Å². The average molecular weight is 423 g/mol. The van der Waals surface area contributed by atoms with Gasteiger partial charge in [0, 0.05) is 37.9 Å². The van der Waals surface area contributed by atoms with Crippen molar-refractivity contribution in [2.75, 3.05) is 13.1 Å². The Kier molecular flexibility index (Phi) is 7.77. The zero-order valence-corrected chi connectivity index (χ0v) is 18.3. The Balaban J connectivity index is 1.15. The van der Waals surface area contributed by atoms with Crippen LogP contribution < -0.4 is 15.4 Å². The summed E-state index contributed by atoms with van der Waals surface area (Å²) >= 11 is 0. The first kappa shape index (κ1) is 21.6. The molecule has 1 saturated heterocycles. The highest BCUT2D eigenvalue weighted by Gasteiger charge is 2.22. The SMILES string of the molecule is O=C(NC1CCCCC1)NC1CCN(Cc2ccc(OCc3ccccn3)cc2)CC1. The first-order valence-corrected chi connectivity index (χ1v) is 11.7. The second-order valence-electron chi connectivity index (χ2n) is 8.76. The lowest BCUT2D eigenvalue weighted by atomic mass is 9.96. The first-order valence-electron chi connectivity index (χ1n) is 11.7. The Hall–Kier alpha value is -2.60.